The molecule has 0 aliphatic rings. The van der Waals surface area contributed by atoms with Crippen LogP contribution in [0.1, 0.15) is 38.9 Å². The minimum absolute atomic E-state index is 0.319. The van der Waals surface area contributed by atoms with E-state index in [1.807, 2.05) is 5.51 Å². The third kappa shape index (κ3) is 5.58. The number of nitrogens with zero attached hydrogens (tertiary/aromatic N) is 1. The molecule has 0 aromatic carbocycles. The molecule has 0 amide bonds. The number of thiazole rings is 1. The normalized spacial score (nSPS) is 13.2. The summed E-state index contributed by atoms with van der Waals surface area (Å²) in [5.41, 5.74) is 2.99. The van der Waals surface area contributed by atoms with Crippen molar-refractivity contribution in [1.29, 1.82) is 0 Å². The molecule has 0 bridgehead atoms. The molecule has 1 heterocycles. The molecule has 0 aliphatic carbocycles. The maximum Gasteiger partial charge on any atom is 0.0795 e. The molecule has 0 radical (unpaired) electrons. The summed E-state index contributed by atoms with van der Waals surface area (Å²) in [6.45, 7) is 9.09. The Morgan fingerprint density at radius 2 is 2.19 bits per heavy atom. The second kappa shape index (κ2) is 7.76. The minimum Gasteiger partial charge on any atom is -0.380 e. The maximum absolute atomic E-state index is 5.53. The number of hydrogen-bond donors (Lipinski definition) is 1. The van der Waals surface area contributed by atoms with Gasteiger partial charge in [-0.05, 0) is 19.3 Å². The van der Waals surface area contributed by atoms with E-state index in [4.69, 9.17) is 4.74 Å². The Morgan fingerprint density at radius 1 is 1.38 bits per heavy atom. The van der Waals surface area contributed by atoms with Gasteiger partial charge in [-0.25, -0.2) is 4.98 Å². The fraction of sp³-hybridized carbons (Fsp3) is 0.750. The Balaban J connectivity index is 1.99. The van der Waals surface area contributed by atoms with Crippen molar-refractivity contribution in [3.05, 3.63) is 16.6 Å². The maximum atomic E-state index is 5.53. The summed E-state index contributed by atoms with van der Waals surface area (Å²) >= 11 is 1.64. The highest BCUT2D eigenvalue weighted by molar-refractivity contribution is 7.07. The molecule has 16 heavy (non-hydrogen) atoms. The lowest BCUT2D eigenvalue weighted by Crippen LogP contribution is -2.23. The van der Waals surface area contributed by atoms with Crippen molar-refractivity contribution in [3.8, 4) is 0 Å². The molecule has 1 rings (SSSR count). The molecule has 0 spiro atoms. The van der Waals surface area contributed by atoms with Crippen LogP contribution in [0.15, 0.2) is 10.9 Å². The molecule has 4 heteroatoms. The molecule has 3 nitrogen and oxygen atoms in total. The van der Waals surface area contributed by atoms with Gasteiger partial charge >= 0.3 is 0 Å². The van der Waals surface area contributed by atoms with Crippen molar-refractivity contribution in [2.75, 3.05) is 19.8 Å². The number of aromatic nitrogens is 1. The summed E-state index contributed by atoms with van der Waals surface area (Å²) in [5, 5.41) is 5.47. The van der Waals surface area contributed by atoms with Crippen LogP contribution in [-0.4, -0.2) is 24.7 Å². The van der Waals surface area contributed by atoms with Gasteiger partial charge in [-0.2, -0.15) is 0 Å². The van der Waals surface area contributed by atoms with Crippen LogP contribution in [0.4, 0.5) is 0 Å². The predicted octanol–water partition coefficient (Wildman–Crippen LogP) is 2.86. The van der Waals surface area contributed by atoms with E-state index in [0.717, 1.165) is 37.8 Å². The van der Waals surface area contributed by atoms with Crippen molar-refractivity contribution in [2.24, 2.45) is 5.92 Å². The summed E-state index contributed by atoms with van der Waals surface area (Å²) in [6.07, 6.45) is 1.14. The summed E-state index contributed by atoms with van der Waals surface area (Å²) in [5.74, 6) is 0.724. The summed E-state index contributed by atoms with van der Waals surface area (Å²) in [4.78, 5) is 4.27. The largest absolute Gasteiger partial charge is 0.380 e. The van der Waals surface area contributed by atoms with Gasteiger partial charge in [0.25, 0.3) is 0 Å². The van der Waals surface area contributed by atoms with Gasteiger partial charge in [0.1, 0.15) is 0 Å². The first-order valence-corrected chi connectivity index (χ1v) is 6.83. The van der Waals surface area contributed by atoms with Crippen molar-refractivity contribution in [1.82, 2.24) is 10.3 Å². The van der Waals surface area contributed by atoms with Crippen molar-refractivity contribution in [2.45, 2.75) is 33.2 Å². The Labute approximate surface area is 102 Å². The molecule has 0 fully saturated rings. The zero-order chi connectivity index (χ0) is 11.8. The van der Waals surface area contributed by atoms with Gasteiger partial charge < -0.3 is 10.1 Å². The number of rotatable bonds is 8. The molecule has 0 aliphatic heterocycles. The number of nitrogens with one attached hydrogen (secondary N) is 1. The van der Waals surface area contributed by atoms with Crippen LogP contribution in [0.3, 0.4) is 0 Å². The Bertz CT molecular complexity index is 262. The van der Waals surface area contributed by atoms with E-state index in [9.17, 15) is 0 Å². The molecular formula is C12H22N2OS. The topological polar surface area (TPSA) is 34.1 Å². The SMILES string of the molecule is CC(C)CCOCCNC(C)c1cscn1. The summed E-state index contributed by atoms with van der Waals surface area (Å²) in [6, 6.07) is 0.319. The van der Waals surface area contributed by atoms with E-state index in [2.05, 4.69) is 36.5 Å². The van der Waals surface area contributed by atoms with E-state index in [-0.39, 0.29) is 0 Å². The van der Waals surface area contributed by atoms with Gasteiger partial charge in [0.15, 0.2) is 0 Å². The average molecular weight is 242 g/mol. The molecule has 1 unspecified atom stereocenters. The Kier molecular flexibility index (Phi) is 6.61. The molecule has 1 aromatic heterocycles. The number of hydrogen-bond acceptors (Lipinski definition) is 4. The zero-order valence-electron chi connectivity index (χ0n) is 10.4. The fourth-order valence-electron chi connectivity index (χ4n) is 1.31. The second-order valence-corrected chi connectivity index (χ2v) is 5.10. The quantitative estimate of drug-likeness (QED) is 0.712. The van der Waals surface area contributed by atoms with E-state index < -0.39 is 0 Å². The van der Waals surface area contributed by atoms with Crippen LogP contribution in [0.2, 0.25) is 0 Å². The first-order valence-electron chi connectivity index (χ1n) is 5.89. The lowest BCUT2D eigenvalue weighted by molar-refractivity contribution is 0.123. The molecule has 0 saturated heterocycles. The van der Waals surface area contributed by atoms with Gasteiger partial charge in [0.2, 0.25) is 0 Å². The van der Waals surface area contributed by atoms with Crippen LogP contribution in [0.5, 0.6) is 0 Å². The third-order valence-electron chi connectivity index (χ3n) is 2.43. The first-order chi connectivity index (χ1) is 7.70. The molecule has 1 atom stereocenters. The van der Waals surface area contributed by atoms with E-state index in [1.165, 1.54) is 0 Å². The summed E-state index contributed by atoms with van der Waals surface area (Å²) < 4.78 is 5.53. The molecular weight excluding hydrogens is 220 g/mol. The van der Waals surface area contributed by atoms with Crippen LogP contribution < -0.4 is 5.32 Å². The van der Waals surface area contributed by atoms with E-state index in [1.54, 1.807) is 11.3 Å². The molecule has 1 N–H and O–H groups in total. The lowest BCUT2D eigenvalue weighted by atomic mass is 10.1. The smallest absolute Gasteiger partial charge is 0.0795 e. The van der Waals surface area contributed by atoms with Crippen molar-refractivity contribution < 1.29 is 4.74 Å². The van der Waals surface area contributed by atoms with Gasteiger partial charge in [0.05, 0.1) is 17.8 Å². The Hall–Kier alpha value is -0.450. The first kappa shape index (κ1) is 13.6. The van der Waals surface area contributed by atoms with Gasteiger partial charge in [-0.15, -0.1) is 11.3 Å². The molecule has 1 aromatic rings. The standard InChI is InChI=1S/C12H22N2OS/c1-10(2)4-6-15-7-5-13-11(3)12-8-16-9-14-12/h8-11,13H,4-7H2,1-3H3. The minimum atomic E-state index is 0.319. The van der Waals surface area contributed by atoms with Crippen molar-refractivity contribution in [3.63, 3.8) is 0 Å². The van der Waals surface area contributed by atoms with Gasteiger partial charge in [-0.1, -0.05) is 13.8 Å². The third-order valence-corrected chi connectivity index (χ3v) is 3.04. The second-order valence-electron chi connectivity index (χ2n) is 4.38. The van der Waals surface area contributed by atoms with Crippen molar-refractivity contribution >= 4 is 11.3 Å². The fourth-order valence-corrected chi connectivity index (χ4v) is 1.96. The predicted molar refractivity (Wildman–Crippen MR) is 68.8 cm³/mol. The van der Waals surface area contributed by atoms with Crippen LogP contribution >= 0.6 is 11.3 Å². The highest BCUT2D eigenvalue weighted by Crippen LogP contribution is 2.11. The van der Waals surface area contributed by atoms with Gasteiger partial charge in [0, 0.05) is 24.6 Å². The van der Waals surface area contributed by atoms with E-state index >= 15 is 0 Å². The lowest BCUT2D eigenvalue weighted by Gasteiger charge is -2.12. The highest BCUT2D eigenvalue weighted by atomic mass is 32.1. The number of ether oxygens (including phenoxy) is 1. The molecule has 0 saturated carbocycles. The van der Waals surface area contributed by atoms with Crippen LogP contribution in [0.25, 0.3) is 0 Å². The van der Waals surface area contributed by atoms with Crippen LogP contribution in [-0.2, 0) is 4.74 Å². The summed E-state index contributed by atoms with van der Waals surface area (Å²) in [7, 11) is 0. The van der Waals surface area contributed by atoms with E-state index in [0.29, 0.717) is 6.04 Å². The van der Waals surface area contributed by atoms with Gasteiger partial charge in [-0.3, -0.25) is 0 Å². The highest BCUT2D eigenvalue weighted by Gasteiger charge is 2.05. The average Bonchev–Trinajstić information content (AvgIpc) is 2.75. The van der Waals surface area contributed by atoms with Crippen LogP contribution in [0, 0.1) is 5.92 Å². The monoisotopic (exact) mass is 242 g/mol. The zero-order valence-corrected chi connectivity index (χ0v) is 11.2. The molecule has 92 valence electrons. The Morgan fingerprint density at radius 3 is 2.81 bits per heavy atom.